The van der Waals surface area contributed by atoms with Crippen molar-refractivity contribution in [3.8, 4) is 22.2 Å². The molecule has 2 atom stereocenters. The smallest absolute Gasteiger partial charge is 0.232 e. The van der Waals surface area contributed by atoms with Crippen LogP contribution in [-0.2, 0) is 4.74 Å². The maximum absolute atomic E-state index is 14.8. The number of ether oxygens (including phenoxy) is 3. The molecule has 0 radical (unpaired) electrons. The van der Waals surface area contributed by atoms with Crippen molar-refractivity contribution in [3.05, 3.63) is 41.8 Å². The Labute approximate surface area is 183 Å². The highest BCUT2D eigenvalue weighted by Crippen LogP contribution is 2.38. The van der Waals surface area contributed by atoms with Crippen LogP contribution in [0.3, 0.4) is 0 Å². The quantitative estimate of drug-likeness (QED) is 0.420. The van der Waals surface area contributed by atoms with Crippen LogP contribution in [0.25, 0.3) is 31.8 Å². The molecule has 0 N–H and O–H groups in total. The number of aryl methyl sites for hydroxylation is 1. The van der Waals surface area contributed by atoms with E-state index in [1.807, 2.05) is 19.1 Å². The molecule has 2 aromatic heterocycles. The van der Waals surface area contributed by atoms with Gasteiger partial charge in [0.05, 0.1) is 40.7 Å². The lowest BCUT2D eigenvalue weighted by atomic mass is 10.1. The summed E-state index contributed by atoms with van der Waals surface area (Å²) in [6.45, 7) is 2.00. The van der Waals surface area contributed by atoms with Gasteiger partial charge in [-0.25, -0.2) is 19.3 Å². The fraction of sp³-hybridized carbons (Fsp3) is 0.348. The first-order valence-electron chi connectivity index (χ1n) is 10.2. The van der Waals surface area contributed by atoms with Gasteiger partial charge in [-0.1, -0.05) is 0 Å². The zero-order chi connectivity index (χ0) is 21.5. The summed E-state index contributed by atoms with van der Waals surface area (Å²) in [6.07, 6.45) is 4.28. The van der Waals surface area contributed by atoms with Crippen LogP contribution in [0.15, 0.2) is 30.5 Å². The molecule has 0 saturated heterocycles. The lowest BCUT2D eigenvalue weighted by Gasteiger charge is -2.20. The minimum absolute atomic E-state index is 0.00124. The molecule has 6 nitrogen and oxygen atoms in total. The lowest BCUT2D eigenvalue weighted by Crippen LogP contribution is -2.27. The van der Waals surface area contributed by atoms with Crippen molar-refractivity contribution in [2.24, 2.45) is 0 Å². The van der Waals surface area contributed by atoms with Gasteiger partial charge < -0.3 is 14.2 Å². The Kier molecular flexibility index (Phi) is 5.19. The maximum Gasteiger partial charge on any atom is 0.232 e. The van der Waals surface area contributed by atoms with Gasteiger partial charge in [0.15, 0.2) is 11.6 Å². The Morgan fingerprint density at radius 3 is 2.68 bits per heavy atom. The predicted octanol–water partition coefficient (Wildman–Crippen LogP) is 5.31. The van der Waals surface area contributed by atoms with Crippen LogP contribution >= 0.6 is 11.3 Å². The third kappa shape index (κ3) is 3.70. The van der Waals surface area contributed by atoms with E-state index in [4.69, 9.17) is 14.2 Å². The second kappa shape index (κ2) is 8.01. The monoisotopic (exact) mass is 439 g/mol. The number of fused-ring (bicyclic) bond motifs is 2. The molecule has 0 bridgehead atoms. The molecule has 8 heteroatoms. The Balaban J connectivity index is 1.56. The fourth-order valence-corrected chi connectivity index (χ4v) is 5.10. The van der Waals surface area contributed by atoms with Crippen molar-refractivity contribution < 1.29 is 18.6 Å². The van der Waals surface area contributed by atoms with E-state index in [1.54, 1.807) is 26.5 Å². The summed E-state index contributed by atoms with van der Waals surface area (Å²) >= 11 is 1.48. The van der Waals surface area contributed by atoms with Crippen LogP contribution in [-0.4, -0.2) is 41.4 Å². The molecule has 0 spiro atoms. The topological polar surface area (TPSA) is 66.4 Å². The number of halogens is 1. The highest BCUT2D eigenvalue weighted by molar-refractivity contribution is 7.21. The van der Waals surface area contributed by atoms with E-state index in [1.165, 1.54) is 17.4 Å². The Hall–Kier alpha value is -2.84. The molecule has 31 heavy (non-hydrogen) atoms. The Morgan fingerprint density at radius 2 is 1.87 bits per heavy atom. The molecule has 0 aliphatic heterocycles. The van der Waals surface area contributed by atoms with Gasteiger partial charge in [-0.05, 0) is 43.9 Å². The standard InChI is InChI=1S/C23H22FN3O3S/c1-12-7-13(22-16(8-12)26-21(29-3)11-25-22)23-27-15-9-14(24)19(10-20(15)31-23)30-18-6-4-5-17(18)28-2/h7-11,17-18H,4-6H2,1-3H3/t17-,18+/m1/s1. The maximum atomic E-state index is 14.8. The Bertz CT molecular complexity index is 1280. The number of rotatable bonds is 5. The van der Waals surface area contributed by atoms with Crippen molar-refractivity contribution in [1.82, 2.24) is 15.0 Å². The van der Waals surface area contributed by atoms with E-state index in [2.05, 4.69) is 15.0 Å². The first kappa shape index (κ1) is 20.1. The summed E-state index contributed by atoms with van der Waals surface area (Å²) in [5.41, 5.74) is 3.96. The van der Waals surface area contributed by atoms with Crippen molar-refractivity contribution in [2.45, 2.75) is 38.4 Å². The Morgan fingerprint density at radius 1 is 1.03 bits per heavy atom. The minimum atomic E-state index is -0.412. The number of aromatic nitrogens is 3. The van der Waals surface area contributed by atoms with Crippen molar-refractivity contribution in [1.29, 1.82) is 0 Å². The van der Waals surface area contributed by atoms with Gasteiger partial charge >= 0.3 is 0 Å². The summed E-state index contributed by atoms with van der Waals surface area (Å²) in [5, 5.41) is 0.760. The van der Waals surface area contributed by atoms with E-state index >= 15 is 0 Å². The second-order valence-corrected chi connectivity index (χ2v) is 8.75. The average Bonchev–Trinajstić information content (AvgIpc) is 3.39. The lowest BCUT2D eigenvalue weighted by molar-refractivity contribution is 0.0213. The van der Waals surface area contributed by atoms with Crippen LogP contribution in [0.5, 0.6) is 11.6 Å². The van der Waals surface area contributed by atoms with Crippen molar-refractivity contribution in [3.63, 3.8) is 0 Å². The summed E-state index contributed by atoms with van der Waals surface area (Å²) in [4.78, 5) is 13.7. The van der Waals surface area contributed by atoms with E-state index in [0.717, 1.165) is 51.1 Å². The number of hydrogen-bond donors (Lipinski definition) is 0. The molecule has 2 heterocycles. The number of nitrogens with zero attached hydrogens (tertiary/aromatic N) is 3. The molecular formula is C23H22FN3O3S. The summed E-state index contributed by atoms with van der Waals surface area (Å²) in [6, 6.07) is 7.16. The average molecular weight is 440 g/mol. The van der Waals surface area contributed by atoms with Gasteiger partial charge in [-0.2, -0.15) is 0 Å². The van der Waals surface area contributed by atoms with Crippen molar-refractivity contribution >= 4 is 32.6 Å². The van der Waals surface area contributed by atoms with E-state index < -0.39 is 5.82 Å². The van der Waals surface area contributed by atoms with Crippen LogP contribution < -0.4 is 9.47 Å². The summed E-state index contributed by atoms with van der Waals surface area (Å²) < 4.78 is 32.3. The summed E-state index contributed by atoms with van der Waals surface area (Å²) in [5.74, 6) is 0.290. The van der Waals surface area contributed by atoms with Gasteiger partial charge in [0, 0.05) is 24.8 Å². The molecular weight excluding hydrogens is 417 g/mol. The van der Waals surface area contributed by atoms with E-state index in [9.17, 15) is 4.39 Å². The van der Waals surface area contributed by atoms with Crippen molar-refractivity contribution in [2.75, 3.05) is 14.2 Å². The molecule has 4 aromatic rings. The van der Waals surface area contributed by atoms with Gasteiger partial charge in [-0.15, -0.1) is 11.3 Å². The van der Waals surface area contributed by atoms with E-state index in [0.29, 0.717) is 11.4 Å². The third-order valence-electron chi connectivity index (χ3n) is 5.62. The zero-order valence-electron chi connectivity index (χ0n) is 17.5. The fourth-order valence-electron chi connectivity index (χ4n) is 4.10. The molecule has 160 valence electrons. The number of benzene rings is 2. The first-order chi connectivity index (χ1) is 15.1. The van der Waals surface area contributed by atoms with Crippen LogP contribution in [0, 0.1) is 12.7 Å². The van der Waals surface area contributed by atoms with E-state index in [-0.39, 0.29) is 18.0 Å². The molecule has 1 aliphatic rings. The first-order valence-corrected chi connectivity index (χ1v) is 11.0. The number of methoxy groups -OCH3 is 2. The highest BCUT2D eigenvalue weighted by atomic mass is 32.1. The van der Waals surface area contributed by atoms with Gasteiger partial charge in [0.25, 0.3) is 0 Å². The highest BCUT2D eigenvalue weighted by Gasteiger charge is 2.30. The third-order valence-corrected chi connectivity index (χ3v) is 6.68. The zero-order valence-corrected chi connectivity index (χ0v) is 18.3. The van der Waals surface area contributed by atoms with Gasteiger partial charge in [-0.3, -0.25) is 0 Å². The normalized spacial score (nSPS) is 18.7. The second-order valence-electron chi connectivity index (χ2n) is 7.72. The predicted molar refractivity (Wildman–Crippen MR) is 118 cm³/mol. The number of hydrogen-bond acceptors (Lipinski definition) is 7. The SMILES string of the molecule is COc1cnc2c(-c3nc4cc(F)c(O[C@H]5CCC[C@H]5OC)cc4s3)cc(C)cc2n1. The molecule has 1 aliphatic carbocycles. The molecule has 0 amide bonds. The molecule has 1 saturated carbocycles. The summed E-state index contributed by atoms with van der Waals surface area (Å²) in [7, 11) is 3.24. The minimum Gasteiger partial charge on any atom is -0.485 e. The van der Waals surface area contributed by atoms with Gasteiger partial charge in [0.2, 0.25) is 5.88 Å². The molecule has 2 aromatic carbocycles. The molecule has 1 fully saturated rings. The van der Waals surface area contributed by atoms with Crippen LogP contribution in [0.2, 0.25) is 0 Å². The van der Waals surface area contributed by atoms with Gasteiger partial charge in [0.1, 0.15) is 11.1 Å². The molecule has 5 rings (SSSR count). The van der Waals surface area contributed by atoms with Crippen LogP contribution in [0.4, 0.5) is 4.39 Å². The number of thiazole rings is 1. The molecule has 0 unspecified atom stereocenters. The largest absolute Gasteiger partial charge is 0.485 e. The van der Waals surface area contributed by atoms with Crippen LogP contribution in [0.1, 0.15) is 24.8 Å².